The third kappa shape index (κ3) is 2.39. The first kappa shape index (κ1) is 15.6. The number of aryl methyl sites for hydroxylation is 2. The van der Waals surface area contributed by atoms with E-state index >= 15 is 0 Å². The topological polar surface area (TPSA) is 51.3 Å². The minimum Gasteiger partial charge on any atom is -0.332 e. The van der Waals surface area contributed by atoms with E-state index in [0.717, 1.165) is 48.1 Å². The van der Waals surface area contributed by atoms with Gasteiger partial charge in [0, 0.05) is 29.9 Å². The second-order valence-corrected chi connectivity index (χ2v) is 8.66. The first-order valence-electron chi connectivity index (χ1n) is 9.99. The summed E-state index contributed by atoms with van der Waals surface area (Å²) >= 11 is 0. The van der Waals surface area contributed by atoms with Gasteiger partial charge in [-0.2, -0.15) is 9.61 Å². The summed E-state index contributed by atoms with van der Waals surface area (Å²) in [5.41, 5.74) is 4.56. The standard InChI is InChI=1S/C20H28N4O/c1-12(2)17-11-23(10-14-8-15-7-13(14)9-21-15)19-16-5-3-4-6-18(16)22-24(19)20(17)25/h11-15,21H,3-10H2,1-2H3/t13-,14-,15-/m1/s1. The number of rotatable bonds is 3. The van der Waals surface area contributed by atoms with E-state index in [4.69, 9.17) is 5.10 Å². The molecule has 2 fully saturated rings. The molecule has 0 amide bonds. The van der Waals surface area contributed by atoms with Crippen molar-refractivity contribution < 1.29 is 0 Å². The van der Waals surface area contributed by atoms with Crippen molar-refractivity contribution >= 4 is 5.65 Å². The highest BCUT2D eigenvalue weighted by Gasteiger charge is 2.39. The molecule has 1 aliphatic heterocycles. The summed E-state index contributed by atoms with van der Waals surface area (Å²) < 4.78 is 4.12. The van der Waals surface area contributed by atoms with Crippen molar-refractivity contribution in [3.63, 3.8) is 0 Å². The summed E-state index contributed by atoms with van der Waals surface area (Å²) in [4.78, 5) is 13.0. The predicted molar refractivity (Wildman–Crippen MR) is 98.2 cm³/mol. The molecule has 2 aliphatic carbocycles. The van der Waals surface area contributed by atoms with Gasteiger partial charge in [0.05, 0.1) is 5.69 Å². The quantitative estimate of drug-likeness (QED) is 0.934. The number of hydrogen-bond acceptors (Lipinski definition) is 3. The molecule has 0 aromatic carbocycles. The number of nitrogens with one attached hydrogen (secondary N) is 1. The van der Waals surface area contributed by atoms with E-state index in [1.54, 1.807) is 4.52 Å². The normalized spacial score (nSPS) is 28.2. The molecule has 25 heavy (non-hydrogen) atoms. The van der Waals surface area contributed by atoms with Crippen molar-refractivity contribution in [3.05, 3.63) is 33.4 Å². The van der Waals surface area contributed by atoms with Crippen LogP contribution in [0.3, 0.4) is 0 Å². The van der Waals surface area contributed by atoms with Crippen LogP contribution in [0.4, 0.5) is 0 Å². The van der Waals surface area contributed by atoms with Crippen LogP contribution in [0.2, 0.25) is 0 Å². The largest absolute Gasteiger partial charge is 0.332 e. The third-order valence-electron chi connectivity index (χ3n) is 6.70. The Bertz CT molecular complexity index is 878. The molecule has 5 heteroatoms. The molecular weight excluding hydrogens is 312 g/mol. The molecule has 2 bridgehead atoms. The van der Waals surface area contributed by atoms with Crippen LogP contribution >= 0.6 is 0 Å². The maximum atomic E-state index is 13.0. The summed E-state index contributed by atoms with van der Waals surface area (Å²) in [5.74, 6) is 1.75. The monoisotopic (exact) mass is 340 g/mol. The van der Waals surface area contributed by atoms with Crippen LogP contribution < -0.4 is 10.9 Å². The lowest BCUT2D eigenvalue weighted by Gasteiger charge is -2.25. The van der Waals surface area contributed by atoms with Gasteiger partial charge in [-0.1, -0.05) is 13.8 Å². The van der Waals surface area contributed by atoms with Crippen LogP contribution in [-0.2, 0) is 19.4 Å². The highest BCUT2D eigenvalue weighted by Crippen LogP contribution is 2.38. The average molecular weight is 340 g/mol. The number of fused-ring (bicyclic) bond motifs is 5. The van der Waals surface area contributed by atoms with E-state index in [0.29, 0.717) is 6.04 Å². The molecule has 2 aromatic heterocycles. The van der Waals surface area contributed by atoms with Crippen molar-refractivity contribution in [1.82, 2.24) is 19.5 Å². The second-order valence-electron chi connectivity index (χ2n) is 8.66. The molecule has 3 heterocycles. The zero-order valence-electron chi connectivity index (χ0n) is 15.3. The zero-order chi connectivity index (χ0) is 17.1. The SMILES string of the molecule is CC(C)c1cn(C[C@H]2C[C@H]3C[C@@H]2CN3)c2c3c(nn2c1=O)CCCC3. The highest BCUT2D eigenvalue weighted by atomic mass is 16.1. The molecular formula is C20H28N4O. The molecule has 0 unspecified atom stereocenters. The van der Waals surface area contributed by atoms with Gasteiger partial charge in [0.2, 0.25) is 0 Å². The fourth-order valence-corrected chi connectivity index (χ4v) is 5.34. The van der Waals surface area contributed by atoms with Gasteiger partial charge in [-0.25, -0.2) is 0 Å². The lowest BCUT2D eigenvalue weighted by atomic mass is 9.94. The predicted octanol–water partition coefficient (Wildman–Crippen LogP) is 2.50. The van der Waals surface area contributed by atoms with E-state index in [1.807, 2.05) is 0 Å². The molecule has 134 valence electrons. The number of aromatic nitrogens is 3. The molecule has 1 saturated heterocycles. The van der Waals surface area contributed by atoms with Gasteiger partial charge >= 0.3 is 0 Å². The number of hydrogen-bond donors (Lipinski definition) is 1. The van der Waals surface area contributed by atoms with Gasteiger partial charge in [-0.15, -0.1) is 0 Å². The van der Waals surface area contributed by atoms with Crippen molar-refractivity contribution in [3.8, 4) is 0 Å². The molecule has 3 atom stereocenters. The van der Waals surface area contributed by atoms with Gasteiger partial charge in [0.15, 0.2) is 0 Å². The van der Waals surface area contributed by atoms with Gasteiger partial charge in [-0.3, -0.25) is 4.79 Å². The fourth-order valence-electron chi connectivity index (χ4n) is 5.34. The van der Waals surface area contributed by atoms with Crippen LogP contribution in [0.1, 0.15) is 62.3 Å². The zero-order valence-corrected chi connectivity index (χ0v) is 15.3. The number of piperidine rings is 1. The lowest BCUT2D eigenvalue weighted by Crippen LogP contribution is -2.32. The molecule has 1 N–H and O–H groups in total. The fraction of sp³-hybridized carbons (Fsp3) is 0.700. The van der Waals surface area contributed by atoms with Crippen molar-refractivity contribution in [1.29, 1.82) is 0 Å². The first-order chi connectivity index (χ1) is 12.1. The molecule has 5 nitrogen and oxygen atoms in total. The third-order valence-corrected chi connectivity index (χ3v) is 6.70. The molecule has 5 rings (SSSR count). The summed E-state index contributed by atoms with van der Waals surface area (Å²) in [6, 6.07) is 0.716. The van der Waals surface area contributed by atoms with Crippen LogP contribution in [0.25, 0.3) is 5.65 Å². The summed E-state index contributed by atoms with van der Waals surface area (Å²) in [7, 11) is 0. The molecule has 0 radical (unpaired) electrons. The van der Waals surface area contributed by atoms with Crippen molar-refractivity contribution in [2.75, 3.05) is 6.54 Å². The van der Waals surface area contributed by atoms with E-state index in [2.05, 4.69) is 29.9 Å². The van der Waals surface area contributed by atoms with E-state index in [9.17, 15) is 4.79 Å². The lowest BCUT2D eigenvalue weighted by molar-refractivity contribution is 0.311. The highest BCUT2D eigenvalue weighted by molar-refractivity contribution is 5.53. The Morgan fingerprint density at radius 3 is 2.84 bits per heavy atom. The smallest absolute Gasteiger partial charge is 0.277 e. The molecule has 0 spiro atoms. The van der Waals surface area contributed by atoms with E-state index in [1.165, 1.54) is 37.8 Å². The van der Waals surface area contributed by atoms with Crippen LogP contribution in [0, 0.1) is 11.8 Å². The minimum atomic E-state index is 0.0882. The number of nitrogens with zero attached hydrogens (tertiary/aromatic N) is 3. The molecule has 3 aliphatic rings. The van der Waals surface area contributed by atoms with Crippen LogP contribution in [-0.4, -0.2) is 26.8 Å². The van der Waals surface area contributed by atoms with E-state index < -0.39 is 0 Å². The molecule has 1 saturated carbocycles. The van der Waals surface area contributed by atoms with Gasteiger partial charge in [0.1, 0.15) is 5.65 Å². The summed E-state index contributed by atoms with van der Waals surface area (Å²) in [6.07, 6.45) is 9.25. The molecule has 2 aromatic rings. The Labute approximate surface area is 148 Å². The second kappa shape index (κ2) is 5.70. The van der Waals surface area contributed by atoms with E-state index in [-0.39, 0.29) is 11.5 Å². The maximum Gasteiger partial charge on any atom is 0.277 e. The van der Waals surface area contributed by atoms with Gasteiger partial charge in [-0.05, 0) is 62.8 Å². The first-order valence-corrected chi connectivity index (χ1v) is 9.99. The Morgan fingerprint density at radius 2 is 2.12 bits per heavy atom. The van der Waals surface area contributed by atoms with Crippen LogP contribution in [0.5, 0.6) is 0 Å². The maximum absolute atomic E-state index is 13.0. The average Bonchev–Trinajstić information content (AvgIpc) is 3.30. The Kier molecular flexibility index (Phi) is 3.56. The van der Waals surface area contributed by atoms with Crippen molar-refractivity contribution in [2.24, 2.45) is 11.8 Å². The minimum absolute atomic E-state index is 0.0882. The van der Waals surface area contributed by atoms with Crippen molar-refractivity contribution in [2.45, 2.75) is 70.9 Å². The summed E-state index contributed by atoms with van der Waals surface area (Å²) in [5, 5.41) is 8.37. The van der Waals surface area contributed by atoms with Gasteiger partial charge < -0.3 is 9.88 Å². The Hall–Kier alpha value is -1.62. The van der Waals surface area contributed by atoms with Crippen LogP contribution in [0.15, 0.2) is 11.0 Å². The Morgan fingerprint density at radius 1 is 1.28 bits per heavy atom. The Balaban J connectivity index is 1.66. The summed E-state index contributed by atoms with van der Waals surface area (Å²) in [6.45, 7) is 6.42. The van der Waals surface area contributed by atoms with Gasteiger partial charge in [0.25, 0.3) is 5.56 Å².